The molecule has 0 bridgehead atoms. The second-order valence-electron chi connectivity index (χ2n) is 4.37. The van der Waals surface area contributed by atoms with E-state index in [0.29, 0.717) is 6.42 Å². The van der Waals surface area contributed by atoms with Gasteiger partial charge in [0.25, 0.3) is 0 Å². The monoisotopic (exact) mass is 261 g/mol. The zero-order valence-corrected chi connectivity index (χ0v) is 12.3. The van der Waals surface area contributed by atoms with Crippen molar-refractivity contribution in [2.45, 2.75) is 20.3 Å². The van der Waals surface area contributed by atoms with Gasteiger partial charge in [0.15, 0.2) is 0 Å². The predicted molar refractivity (Wildman–Crippen MR) is 82.3 cm³/mol. The summed E-state index contributed by atoms with van der Waals surface area (Å²) in [6, 6.07) is 0. The van der Waals surface area contributed by atoms with Gasteiger partial charge >= 0.3 is 0 Å². The molecule has 0 amide bonds. The minimum atomic E-state index is 0.585. The van der Waals surface area contributed by atoms with E-state index >= 15 is 0 Å². The first-order chi connectivity index (χ1) is 9.03. The molecule has 0 radical (unpaired) electrons. The van der Waals surface area contributed by atoms with E-state index in [1.54, 1.807) is 13.3 Å². The standard InChI is InChI=1S/C14H23N5/c1-9(10(2)16-3)14(18-5)11-6-12(15)7-13(17-4)19-8-11/h6,8,16,18H,7,15H2,1-5H3/b10-9+,14-11?,17-13?. The van der Waals surface area contributed by atoms with Crippen molar-refractivity contribution >= 4 is 12.1 Å². The van der Waals surface area contributed by atoms with Crippen molar-refractivity contribution in [3.63, 3.8) is 0 Å². The summed E-state index contributed by atoms with van der Waals surface area (Å²) in [6.45, 7) is 4.09. The van der Waals surface area contributed by atoms with Crippen molar-refractivity contribution in [2.75, 3.05) is 21.1 Å². The molecule has 0 aromatic carbocycles. The van der Waals surface area contributed by atoms with E-state index in [9.17, 15) is 0 Å². The van der Waals surface area contributed by atoms with Crippen LogP contribution in [0.5, 0.6) is 0 Å². The molecule has 0 aliphatic carbocycles. The highest BCUT2D eigenvalue weighted by atomic mass is 14.9. The van der Waals surface area contributed by atoms with Gasteiger partial charge < -0.3 is 16.4 Å². The van der Waals surface area contributed by atoms with Crippen LogP contribution in [0.4, 0.5) is 0 Å². The molecule has 0 saturated carbocycles. The molecule has 5 heteroatoms. The molecule has 104 valence electrons. The normalized spacial score (nSPS) is 21.5. The number of rotatable bonds is 3. The van der Waals surface area contributed by atoms with E-state index in [-0.39, 0.29) is 0 Å². The zero-order valence-electron chi connectivity index (χ0n) is 12.3. The molecule has 0 aromatic heterocycles. The Morgan fingerprint density at radius 1 is 1.32 bits per heavy atom. The molecule has 0 unspecified atom stereocenters. The first-order valence-electron chi connectivity index (χ1n) is 6.26. The van der Waals surface area contributed by atoms with E-state index in [2.05, 4.69) is 27.5 Å². The van der Waals surface area contributed by atoms with Crippen LogP contribution >= 0.6 is 0 Å². The number of hydrogen-bond acceptors (Lipinski definition) is 4. The third-order valence-electron chi connectivity index (χ3n) is 3.17. The van der Waals surface area contributed by atoms with Crippen LogP contribution in [-0.2, 0) is 0 Å². The summed E-state index contributed by atoms with van der Waals surface area (Å²) in [5, 5.41) is 6.37. The number of nitrogens with one attached hydrogen (secondary N) is 2. The van der Waals surface area contributed by atoms with Crippen molar-refractivity contribution in [3.05, 3.63) is 34.3 Å². The van der Waals surface area contributed by atoms with Crippen molar-refractivity contribution in [3.8, 4) is 0 Å². The molecule has 19 heavy (non-hydrogen) atoms. The molecule has 4 N–H and O–H groups in total. The number of hydrogen-bond donors (Lipinski definition) is 3. The third-order valence-corrected chi connectivity index (χ3v) is 3.17. The summed E-state index contributed by atoms with van der Waals surface area (Å²) in [4.78, 5) is 8.47. The van der Waals surface area contributed by atoms with E-state index < -0.39 is 0 Å². The Balaban J connectivity index is 3.36. The molecular formula is C14H23N5. The maximum absolute atomic E-state index is 6.00. The number of aliphatic imine (C=N–C) groups is 2. The lowest BCUT2D eigenvalue weighted by Crippen LogP contribution is -2.15. The van der Waals surface area contributed by atoms with Crippen LogP contribution < -0.4 is 16.4 Å². The van der Waals surface area contributed by atoms with Gasteiger partial charge in [0.2, 0.25) is 0 Å². The summed E-state index contributed by atoms with van der Waals surface area (Å²) in [7, 11) is 5.53. The van der Waals surface area contributed by atoms with Gasteiger partial charge in [-0.15, -0.1) is 0 Å². The van der Waals surface area contributed by atoms with Gasteiger partial charge in [-0.05, 0) is 25.5 Å². The molecule has 0 saturated heterocycles. The Bertz CT molecular complexity index is 492. The van der Waals surface area contributed by atoms with Gasteiger partial charge in [-0.3, -0.25) is 4.99 Å². The van der Waals surface area contributed by atoms with Gasteiger partial charge in [0.05, 0.1) is 0 Å². The summed E-state index contributed by atoms with van der Waals surface area (Å²) in [6.07, 6.45) is 4.34. The van der Waals surface area contributed by atoms with E-state index in [4.69, 9.17) is 5.73 Å². The summed E-state index contributed by atoms with van der Waals surface area (Å²) in [5.41, 5.74) is 11.0. The molecule has 1 heterocycles. The van der Waals surface area contributed by atoms with Gasteiger partial charge in [-0.2, -0.15) is 0 Å². The van der Waals surface area contributed by atoms with Gasteiger partial charge in [0.1, 0.15) is 5.84 Å². The van der Waals surface area contributed by atoms with Gasteiger partial charge in [0, 0.05) is 56.4 Å². The quantitative estimate of drug-likeness (QED) is 0.717. The van der Waals surface area contributed by atoms with Crippen LogP contribution in [-0.4, -0.2) is 33.2 Å². The first kappa shape index (κ1) is 15.0. The molecule has 1 aliphatic rings. The fourth-order valence-electron chi connectivity index (χ4n) is 1.86. The SMILES string of the molecule is CN=C1CC(N)=CC(=C(NC)/C(C)=C(\C)NC)C=N1. The summed E-state index contributed by atoms with van der Waals surface area (Å²) in [5.74, 6) is 0.742. The van der Waals surface area contributed by atoms with Crippen LogP contribution in [0.3, 0.4) is 0 Å². The molecular weight excluding hydrogens is 238 g/mol. The first-order valence-corrected chi connectivity index (χ1v) is 6.26. The van der Waals surface area contributed by atoms with Crippen LogP contribution in [0.25, 0.3) is 0 Å². The maximum atomic E-state index is 6.00. The molecule has 0 spiro atoms. The average Bonchev–Trinajstić information content (AvgIpc) is 2.60. The number of likely N-dealkylation sites (N-methyl/N-ethyl adjacent to an activating group) is 1. The molecule has 0 fully saturated rings. The fraction of sp³-hybridized carbons (Fsp3) is 0.429. The van der Waals surface area contributed by atoms with Crippen molar-refractivity contribution in [2.24, 2.45) is 15.7 Å². The molecule has 5 nitrogen and oxygen atoms in total. The van der Waals surface area contributed by atoms with Crippen LogP contribution in [0, 0.1) is 0 Å². The van der Waals surface area contributed by atoms with E-state index in [1.165, 1.54) is 0 Å². The summed E-state index contributed by atoms with van der Waals surface area (Å²) >= 11 is 0. The number of allylic oxidation sites excluding steroid dienone is 4. The molecule has 1 rings (SSSR count). The average molecular weight is 261 g/mol. The minimum Gasteiger partial charge on any atom is -0.402 e. The van der Waals surface area contributed by atoms with Crippen LogP contribution in [0.2, 0.25) is 0 Å². The van der Waals surface area contributed by atoms with Crippen LogP contribution in [0.15, 0.2) is 44.3 Å². The Kier molecular flexibility index (Phi) is 5.36. The number of amidine groups is 1. The molecule has 0 aromatic rings. The van der Waals surface area contributed by atoms with Crippen molar-refractivity contribution < 1.29 is 0 Å². The molecule has 0 atom stereocenters. The highest BCUT2D eigenvalue weighted by Gasteiger charge is 2.11. The van der Waals surface area contributed by atoms with Gasteiger partial charge in [-0.25, -0.2) is 4.99 Å². The fourth-order valence-corrected chi connectivity index (χ4v) is 1.86. The summed E-state index contributed by atoms with van der Waals surface area (Å²) < 4.78 is 0. The lowest BCUT2D eigenvalue weighted by Gasteiger charge is -2.14. The molecule has 1 aliphatic heterocycles. The lowest BCUT2D eigenvalue weighted by atomic mass is 10.1. The Labute approximate surface area is 115 Å². The van der Waals surface area contributed by atoms with E-state index in [0.717, 1.165) is 34.1 Å². The number of nitrogens with two attached hydrogens (primary N) is 1. The highest BCUT2D eigenvalue weighted by molar-refractivity contribution is 5.99. The Morgan fingerprint density at radius 2 is 2.00 bits per heavy atom. The third kappa shape index (κ3) is 3.71. The largest absolute Gasteiger partial charge is 0.402 e. The van der Waals surface area contributed by atoms with Crippen molar-refractivity contribution in [1.29, 1.82) is 0 Å². The predicted octanol–water partition coefficient (Wildman–Crippen LogP) is 1.32. The maximum Gasteiger partial charge on any atom is 0.128 e. The Morgan fingerprint density at radius 3 is 2.53 bits per heavy atom. The zero-order chi connectivity index (χ0) is 14.4. The topological polar surface area (TPSA) is 74.8 Å². The minimum absolute atomic E-state index is 0.585. The van der Waals surface area contributed by atoms with E-state index in [1.807, 2.05) is 27.1 Å². The highest BCUT2D eigenvalue weighted by Crippen LogP contribution is 2.17. The Hall–Kier alpha value is -2.04. The van der Waals surface area contributed by atoms with Crippen LogP contribution in [0.1, 0.15) is 20.3 Å². The van der Waals surface area contributed by atoms with Crippen molar-refractivity contribution in [1.82, 2.24) is 10.6 Å². The van der Waals surface area contributed by atoms with Gasteiger partial charge in [-0.1, -0.05) is 0 Å². The second kappa shape index (κ2) is 6.78. The second-order valence-corrected chi connectivity index (χ2v) is 4.37. The lowest BCUT2D eigenvalue weighted by molar-refractivity contribution is 0.917. The smallest absolute Gasteiger partial charge is 0.128 e. The number of nitrogens with zero attached hydrogens (tertiary/aromatic N) is 2.